The largest absolute Gasteiger partial charge is 0.369 e. The molecule has 2 amide bonds. The SMILES string of the molecule is CCC(=O)N1CC[C@](Cc2ccc(-c3ccsc3)cc2)(C(N)=O)C1. The molecule has 5 heteroatoms. The van der Waals surface area contributed by atoms with Crippen LogP contribution in [0.1, 0.15) is 25.3 Å². The van der Waals surface area contributed by atoms with Crippen LogP contribution in [-0.4, -0.2) is 29.8 Å². The van der Waals surface area contributed by atoms with Crippen LogP contribution in [0.3, 0.4) is 0 Å². The quantitative estimate of drug-likeness (QED) is 0.907. The summed E-state index contributed by atoms with van der Waals surface area (Å²) in [4.78, 5) is 25.8. The maximum Gasteiger partial charge on any atom is 0.225 e. The lowest BCUT2D eigenvalue weighted by Crippen LogP contribution is -2.42. The van der Waals surface area contributed by atoms with Crippen LogP contribution in [0.4, 0.5) is 0 Å². The zero-order valence-corrected chi connectivity index (χ0v) is 14.6. The van der Waals surface area contributed by atoms with Crippen LogP contribution in [0.25, 0.3) is 11.1 Å². The highest BCUT2D eigenvalue weighted by Crippen LogP contribution is 2.35. The van der Waals surface area contributed by atoms with Gasteiger partial charge in [0.1, 0.15) is 0 Å². The molecule has 24 heavy (non-hydrogen) atoms. The molecule has 0 unspecified atom stereocenters. The minimum Gasteiger partial charge on any atom is -0.369 e. The minimum absolute atomic E-state index is 0.0888. The number of thiophene rings is 1. The van der Waals surface area contributed by atoms with Gasteiger partial charge in [0.25, 0.3) is 0 Å². The Hall–Kier alpha value is -2.14. The van der Waals surface area contributed by atoms with Crippen molar-refractivity contribution >= 4 is 23.2 Å². The molecule has 126 valence electrons. The molecular formula is C19H22N2O2S. The minimum atomic E-state index is -0.644. The van der Waals surface area contributed by atoms with Crippen molar-refractivity contribution in [3.8, 4) is 11.1 Å². The maximum atomic E-state index is 12.1. The Bertz CT molecular complexity index is 724. The molecule has 1 saturated heterocycles. The van der Waals surface area contributed by atoms with Crippen LogP contribution in [0.5, 0.6) is 0 Å². The average molecular weight is 342 g/mol. The number of hydrogen-bond donors (Lipinski definition) is 1. The van der Waals surface area contributed by atoms with E-state index in [1.165, 1.54) is 11.1 Å². The highest BCUT2D eigenvalue weighted by molar-refractivity contribution is 7.08. The zero-order chi connectivity index (χ0) is 17.2. The Kier molecular flexibility index (Phi) is 4.71. The molecule has 0 aliphatic carbocycles. The number of carbonyl (C=O) groups excluding carboxylic acids is 2. The maximum absolute atomic E-state index is 12.1. The fraction of sp³-hybridized carbons (Fsp3) is 0.368. The molecule has 1 aliphatic rings. The third kappa shape index (κ3) is 3.22. The van der Waals surface area contributed by atoms with Gasteiger partial charge in [0.05, 0.1) is 5.41 Å². The second-order valence-corrected chi connectivity index (χ2v) is 7.23. The van der Waals surface area contributed by atoms with Crippen molar-refractivity contribution in [2.75, 3.05) is 13.1 Å². The molecule has 3 rings (SSSR count). The highest BCUT2D eigenvalue weighted by Gasteiger charge is 2.44. The molecule has 1 aromatic carbocycles. The number of amides is 2. The number of likely N-dealkylation sites (tertiary alicyclic amines) is 1. The Balaban J connectivity index is 1.77. The molecule has 4 nitrogen and oxygen atoms in total. The molecule has 2 N–H and O–H groups in total. The van der Waals surface area contributed by atoms with E-state index in [4.69, 9.17) is 5.73 Å². The summed E-state index contributed by atoms with van der Waals surface area (Å²) < 4.78 is 0. The Morgan fingerprint density at radius 1 is 1.21 bits per heavy atom. The number of carbonyl (C=O) groups is 2. The summed E-state index contributed by atoms with van der Waals surface area (Å²) in [6.45, 7) is 2.89. The van der Waals surface area contributed by atoms with Crippen molar-refractivity contribution in [3.05, 3.63) is 46.7 Å². The van der Waals surface area contributed by atoms with E-state index in [0.29, 0.717) is 32.4 Å². The number of nitrogens with two attached hydrogens (primary N) is 1. The van der Waals surface area contributed by atoms with E-state index >= 15 is 0 Å². The lowest BCUT2D eigenvalue weighted by atomic mass is 9.80. The first kappa shape index (κ1) is 16.7. The Labute approximate surface area is 146 Å². The van der Waals surface area contributed by atoms with Crippen LogP contribution in [0, 0.1) is 5.41 Å². The molecule has 0 saturated carbocycles. The van der Waals surface area contributed by atoms with Gasteiger partial charge in [-0.2, -0.15) is 11.3 Å². The first-order valence-electron chi connectivity index (χ1n) is 8.23. The van der Waals surface area contributed by atoms with Crippen molar-refractivity contribution in [3.63, 3.8) is 0 Å². The van der Waals surface area contributed by atoms with Crippen LogP contribution in [0.2, 0.25) is 0 Å². The van der Waals surface area contributed by atoms with Gasteiger partial charge in [-0.1, -0.05) is 31.2 Å². The average Bonchev–Trinajstić information content (AvgIpc) is 3.25. The normalized spacial score (nSPS) is 20.3. The van der Waals surface area contributed by atoms with Gasteiger partial charge in [0.15, 0.2) is 0 Å². The molecule has 2 aromatic rings. The summed E-state index contributed by atoms with van der Waals surface area (Å²) in [7, 11) is 0. The van der Waals surface area contributed by atoms with Crippen molar-refractivity contribution in [1.82, 2.24) is 4.90 Å². The predicted octanol–water partition coefficient (Wildman–Crippen LogP) is 3.07. The first-order chi connectivity index (χ1) is 11.5. The number of hydrogen-bond acceptors (Lipinski definition) is 3. The summed E-state index contributed by atoms with van der Waals surface area (Å²) >= 11 is 1.67. The molecule has 2 heterocycles. The second kappa shape index (κ2) is 6.77. The van der Waals surface area contributed by atoms with Crippen molar-refractivity contribution in [2.45, 2.75) is 26.2 Å². The van der Waals surface area contributed by atoms with E-state index in [-0.39, 0.29) is 11.8 Å². The number of rotatable bonds is 5. The van der Waals surface area contributed by atoms with Crippen LogP contribution >= 0.6 is 11.3 Å². The third-order valence-corrected chi connectivity index (χ3v) is 5.57. The van der Waals surface area contributed by atoms with E-state index in [9.17, 15) is 9.59 Å². The molecule has 0 bridgehead atoms. The summed E-state index contributed by atoms with van der Waals surface area (Å²) in [6.07, 6.45) is 1.68. The van der Waals surface area contributed by atoms with Crippen LogP contribution in [0.15, 0.2) is 41.1 Å². The van der Waals surface area contributed by atoms with E-state index in [0.717, 1.165) is 5.56 Å². The second-order valence-electron chi connectivity index (χ2n) is 6.45. The van der Waals surface area contributed by atoms with Crippen molar-refractivity contribution in [1.29, 1.82) is 0 Å². The van der Waals surface area contributed by atoms with Gasteiger partial charge in [-0.25, -0.2) is 0 Å². The van der Waals surface area contributed by atoms with Gasteiger partial charge in [-0.3, -0.25) is 9.59 Å². The summed E-state index contributed by atoms with van der Waals surface area (Å²) in [5, 5.41) is 4.17. The molecule has 0 spiro atoms. The Morgan fingerprint density at radius 3 is 2.54 bits per heavy atom. The monoisotopic (exact) mass is 342 g/mol. The Morgan fingerprint density at radius 2 is 1.96 bits per heavy atom. The fourth-order valence-corrected chi connectivity index (χ4v) is 4.04. The lowest BCUT2D eigenvalue weighted by molar-refractivity contribution is -0.131. The summed E-state index contributed by atoms with van der Waals surface area (Å²) in [5.74, 6) is -0.221. The molecule has 1 aliphatic heterocycles. The molecular weight excluding hydrogens is 320 g/mol. The summed E-state index contributed by atoms with van der Waals surface area (Å²) in [5.41, 5.74) is 8.53. The molecule has 1 fully saturated rings. The molecule has 1 aromatic heterocycles. The van der Waals surface area contributed by atoms with E-state index in [1.807, 2.05) is 6.92 Å². The molecule has 0 radical (unpaired) electrons. The zero-order valence-electron chi connectivity index (χ0n) is 13.8. The number of primary amides is 1. The predicted molar refractivity (Wildman–Crippen MR) is 96.6 cm³/mol. The van der Waals surface area contributed by atoms with Gasteiger partial charge in [0, 0.05) is 19.5 Å². The smallest absolute Gasteiger partial charge is 0.225 e. The summed E-state index contributed by atoms with van der Waals surface area (Å²) in [6, 6.07) is 10.4. The standard InChI is InChI=1S/C19H22N2O2S/c1-2-17(22)21-9-8-19(13-21,18(20)23)11-14-3-5-15(6-4-14)16-7-10-24-12-16/h3-7,10,12H,2,8-9,11,13H2,1H3,(H2,20,23)/t19-/m1/s1. The van der Waals surface area contributed by atoms with Gasteiger partial charge in [-0.15, -0.1) is 0 Å². The lowest BCUT2D eigenvalue weighted by Gasteiger charge is -2.26. The van der Waals surface area contributed by atoms with Crippen molar-refractivity contribution in [2.24, 2.45) is 11.1 Å². The highest BCUT2D eigenvalue weighted by atomic mass is 32.1. The van der Waals surface area contributed by atoms with E-state index in [2.05, 4.69) is 41.1 Å². The number of benzene rings is 1. The van der Waals surface area contributed by atoms with Gasteiger partial charge in [0.2, 0.25) is 11.8 Å². The third-order valence-electron chi connectivity index (χ3n) is 4.88. The number of nitrogens with zero attached hydrogens (tertiary/aromatic N) is 1. The van der Waals surface area contributed by atoms with E-state index in [1.54, 1.807) is 16.2 Å². The van der Waals surface area contributed by atoms with Gasteiger partial charge < -0.3 is 10.6 Å². The van der Waals surface area contributed by atoms with Crippen LogP contribution in [-0.2, 0) is 16.0 Å². The van der Waals surface area contributed by atoms with E-state index < -0.39 is 5.41 Å². The fourth-order valence-electron chi connectivity index (χ4n) is 3.38. The van der Waals surface area contributed by atoms with Crippen LogP contribution < -0.4 is 5.73 Å². The van der Waals surface area contributed by atoms with Gasteiger partial charge in [-0.05, 0) is 46.4 Å². The van der Waals surface area contributed by atoms with Gasteiger partial charge >= 0.3 is 0 Å². The topological polar surface area (TPSA) is 63.4 Å². The first-order valence-corrected chi connectivity index (χ1v) is 9.17. The van der Waals surface area contributed by atoms with Crippen molar-refractivity contribution < 1.29 is 9.59 Å². The molecule has 1 atom stereocenters.